The lowest BCUT2D eigenvalue weighted by atomic mass is 10.1. The number of benzene rings is 1. The van der Waals surface area contributed by atoms with Gasteiger partial charge < -0.3 is 9.15 Å². The Morgan fingerprint density at radius 1 is 1.33 bits per heavy atom. The summed E-state index contributed by atoms with van der Waals surface area (Å²) in [6, 6.07) is 9.27. The molecule has 1 aromatic carbocycles. The van der Waals surface area contributed by atoms with E-state index in [0.717, 1.165) is 9.33 Å². The first-order chi connectivity index (χ1) is 10.0. The van der Waals surface area contributed by atoms with E-state index in [0.29, 0.717) is 11.5 Å². The van der Waals surface area contributed by atoms with E-state index < -0.39 is 0 Å². The van der Waals surface area contributed by atoms with Gasteiger partial charge in [0, 0.05) is 0 Å². The number of hydrogen-bond acceptors (Lipinski definition) is 4. The first kappa shape index (κ1) is 15.6. The SMILES string of the molecule is Cc1ccc(OCC(=O)N/N=C\c2ccc(I)o2)cc1C. The molecule has 2 aromatic rings. The average molecular weight is 398 g/mol. The zero-order chi connectivity index (χ0) is 15.2. The molecule has 0 fully saturated rings. The summed E-state index contributed by atoms with van der Waals surface area (Å²) in [5, 5.41) is 3.80. The van der Waals surface area contributed by atoms with Crippen molar-refractivity contribution in [2.24, 2.45) is 5.10 Å². The predicted octanol–water partition coefficient (Wildman–Crippen LogP) is 3.03. The number of hydrazone groups is 1. The molecule has 0 atom stereocenters. The van der Waals surface area contributed by atoms with Gasteiger partial charge in [-0.15, -0.1) is 0 Å². The molecule has 0 saturated carbocycles. The Labute approximate surface area is 136 Å². The summed E-state index contributed by atoms with van der Waals surface area (Å²) in [5.41, 5.74) is 4.69. The van der Waals surface area contributed by atoms with Crippen molar-refractivity contribution in [3.63, 3.8) is 0 Å². The van der Waals surface area contributed by atoms with Gasteiger partial charge in [-0.05, 0) is 71.8 Å². The average Bonchev–Trinajstić information content (AvgIpc) is 2.86. The Morgan fingerprint density at radius 3 is 2.81 bits per heavy atom. The quantitative estimate of drug-likeness (QED) is 0.479. The van der Waals surface area contributed by atoms with Gasteiger partial charge in [0.15, 0.2) is 10.4 Å². The van der Waals surface area contributed by atoms with Gasteiger partial charge in [-0.3, -0.25) is 4.79 Å². The number of ether oxygens (including phenoxy) is 1. The topological polar surface area (TPSA) is 63.8 Å². The van der Waals surface area contributed by atoms with Crippen molar-refractivity contribution in [1.29, 1.82) is 0 Å². The summed E-state index contributed by atoms with van der Waals surface area (Å²) >= 11 is 2.05. The van der Waals surface area contributed by atoms with Gasteiger partial charge >= 0.3 is 0 Å². The molecule has 1 N–H and O–H groups in total. The van der Waals surface area contributed by atoms with E-state index in [9.17, 15) is 4.79 Å². The third kappa shape index (κ3) is 4.89. The van der Waals surface area contributed by atoms with Crippen molar-refractivity contribution >= 4 is 34.7 Å². The molecule has 0 aliphatic carbocycles. The summed E-state index contributed by atoms with van der Waals surface area (Å²) in [7, 11) is 0. The van der Waals surface area contributed by atoms with Crippen LogP contribution in [-0.2, 0) is 4.79 Å². The smallest absolute Gasteiger partial charge is 0.277 e. The highest BCUT2D eigenvalue weighted by atomic mass is 127. The van der Waals surface area contributed by atoms with Gasteiger partial charge in [0.25, 0.3) is 5.91 Å². The number of amides is 1. The lowest BCUT2D eigenvalue weighted by molar-refractivity contribution is -0.123. The predicted molar refractivity (Wildman–Crippen MR) is 88.6 cm³/mol. The maximum Gasteiger partial charge on any atom is 0.277 e. The Kier molecular flexibility index (Phi) is 5.38. The molecule has 0 unspecified atom stereocenters. The molecule has 6 heteroatoms. The lowest BCUT2D eigenvalue weighted by Gasteiger charge is -2.07. The minimum absolute atomic E-state index is 0.0878. The second-order valence-electron chi connectivity index (χ2n) is 4.47. The highest BCUT2D eigenvalue weighted by molar-refractivity contribution is 14.1. The Morgan fingerprint density at radius 2 is 2.14 bits per heavy atom. The van der Waals surface area contributed by atoms with Crippen LogP contribution < -0.4 is 10.2 Å². The number of aryl methyl sites for hydroxylation is 2. The molecule has 0 aliphatic rings. The van der Waals surface area contributed by atoms with Crippen LogP contribution in [0.1, 0.15) is 16.9 Å². The molecule has 110 valence electrons. The van der Waals surface area contributed by atoms with Crippen LogP contribution >= 0.6 is 22.6 Å². The molecule has 1 heterocycles. The third-order valence-electron chi connectivity index (χ3n) is 2.82. The van der Waals surface area contributed by atoms with Gasteiger partial charge in [0.2, 0.25) is 0 Å². The van der Waals surface area contributed by atoms with Crippen LogP contribution in [0.4, 0.5) is 0 Å². The second kappa shape index (κ2) is 7.26. The maximum absolute atomic E-state index is 11.6. The number of halogens is 1. The zero-order valence-corrected chi connectivity index (χ0v) is 13.9. The fourth-order valence-electron chi connectivity index (χ4n) is 1.55. The molecule has 0 saturated heterocycles. The largest absolute Gasteiger partial charge is 0.484 e. The molecule has 0 spiro atoms. The van der Waals surface area contributed by atoms with E-state index in [1.54, 1.807) is 6.07 Å². The second-order valence-corrected chi connectivity index (χ2v) is 5.53. The van der Waals surface area contributed by atoms with Gasteiger partial charge in [0.1, 0.15) is 11.5 Å². The van der Waals surface area contributed by atoms with Crippen LogP contribution in [-0.4, -0.2) is 18.7 Å². The molecule has 0 radical (unpaired) electrons. The van der Waals surface area contributed by atoms with Crippen LogP contribution in [0.3, 0.4) is 0 Å². The van der Waals surface area contributed by atoms with E-state index in [-0.39, 0.29) is 12.5 Å². The highest BCUT2D eigenvalue weighted by Gasteiger charge is 2.03. The summed E-state index contributed by atoms with van der Waals surface area (Å²) in [4.78, 5) is 11.6. The van der Waals surface area contributed by atoms with Crippen molar-refractivity contribution in [2.75, 3.05) is 6.61 Å². The first-order valence-corrected chi connectivity index (χ1v) is 7.40. The van der Waals surface area contributed by atoms with Crippen molar-refractivity contribution in [1.82, 2.24) is 5.43 Å². The lowest BCUT2D eigenvalue weighted by Crippen LogP contribution is -2.24. The number of carbonyl (C=O) groups is 1. The number of nitrogens with one attached hydrogen (secondary N) is 1. The molecule has 0 bridgehead atoms. The molecular formula is C15H15IN2O3. The van der Waals surface area contributed by atoms with Gasteiger partial charge in [0.05, 0.1) is 6.21 Å². The molecular weight excluding hydrogens is 383 g/mol. The number of carbonyl (C=O) groups excluding carboxylic acids is 1. The Bertz CT molecular complexity index is 665. The van der Waals surface area contributed by atoms with Crippen LogP contribution in [0, 0.1) is 17.6 Å². The minimum atomic E-state index is -0.328. The number of rotatable bonds is 5. The summed E-state index contributed by atoms with van der Waals surface area (Å²) in [6.45, 7) is 3.93. The van der Waals surface area contributed by atoms with Crippen LogP contribution in [0.15, 0.2) is 39.9 Å². The fraction of sp³-hybridized carbons (Fsp3) is 0.200. The number of furan rings is 1. The van der Waals surface area contributed by atoms with Crippen molar-refractivity contribution in [3.05, 3.63) is 51.0 Å². The van der Waals surface area contributed by atoms with E-state index >= 15 is 0 Å². The third-order valence-corrected chi connectivity index (χ3v) is 3.40. The monoisotopic (exact) mass is 398 g/mol. The molecule has 2 rings (SSSR count). The van der Waals surface area contributed by atoms with Gasteiger partial charge in [-0.25, -0.2) is 5.43 Å². The molecule has 0 aliphatic heterocycles. The van der Waals surface area contributed by atoms with E-state index in [2.05, 4.69) is 33.1 Å². The Balaban J connectivity index is 1.79. The van der Waals surface area contributed by atoms with Crippen molar-refractivity contribution in [3.8, 4) is 5.75 Å². The summed E-state index contributed by atoms with van der Waals surface area (Å²) < 4.78 is 11.4. The van der Waals surface area contributed by atoms with E-state index in [1.165, 1.54) is 11.8 Å². The van der Waals surface area contributed by atoms with Crippen LogP contribution in [0.25, 0.3) is 0 Å². The maximum atomic E-state index is 11.6. The van der Waals surface area contributed by atoms with Crippen LogP contribution in [0.5, 0.6) is 5.75 Å². The molecule has 1 aromatic heterocycles. The normalized spacial score (nSPS) is 10.8. The fourth-order valence-corrected chi connectivity index (χ4v) is 1.98. The van der Waals surface area contributed by atoms with E-state index in [1.807, 2.05) is 38.1 Å². The zero-order valence-electron chi connectivity index (χ0n) is 11.7. The minimum Gasteiger partial charge on any atom is -0.484 e. The molecule has 5 nitrogen and oxygen atoms in total. The van der Waals surface area contributed by atoms with Crippen molar-refractivity contribution < 1.29 is 13.9 Å². The molecule has 1 amide bonds. The highest BCUT2D eigenvalue weighted by Crippen LogP contribution is 2.16. The Hall–Kier alpha value is -1.83. The van der Waals surface area contributed by atoms with Crippen LogP contribution in [0.2, 0.25) is 0 Å². The van der Waals surface area contributed by atoms with Crippen molar-refractivity contribution in [2.45, 2.75) is 13.8 Å². The number of hydrogen-bond donors (Lipinski definition) is 1. The number of nitrogens with zero attached hydrogens (tertiary/aromatic N) is 1. The van der Waals surface area contributed by atoms with E-state index in [4.69, 9.17) is 9.15 Å². The molecule has 21 heavy (non-hydrogen) atoms. The summed E-state index contributed by atoms with van der Waals surface area (Å²) in [5.74, 6) is 0.915. The summed E-state index contributed by atoms with van der Waals surface area (Å²) in [6.07, 6.45) is 1.44. The first-order valence-electron chi connectivity index (χ1n) is 6.32. The van der Waals surface area contributed by atoms with Gasteiger partial charge in [-0.1, -0.05) is 6.07 Å². The van der Waals surface area contributed by atoms with Gasteiger partial charge in [-0.2, -0.15) is 5.10 Å². The standard InChI is InChI=1S/C15H15IN2O3/c1-10-3-4-12(7-11(10)2)20-9-15(19)18-17-8-13-5-6-14(16)21-13/h3-8H,9H2,1-2H3,(H,18,19)/b17-8-.